The lowest BCUT2D eigenvalue weighted by molar-refractivity contribution is -0.129. The van der Waals surface area contributed by atoms with E-state index in [1.165, 1.54) is 11.8 Å². The maximum atomic E-state index is 12.7. The monoisotopic (exact) mass is 459 g/mol. The number of primary amides is 1. The molecule has 31 heavy (non-hydrogen) atoms. The van der Waals surface area contributed by atoms with Crippen molar-refractivity contribution in [1.82, 2.24) is 4.90 Å². The fourth-order valence-corrected chi connectivity index (χ4v) is 4.16. The van der Waals surface area contributed by atoms with E-state index in [9.17, 15) is 14.4 Å². The van der Waals surface area contributed by atoms with Crippen molar-refractivity contribution in [2.45, 2.75) is 25.0 Å². The van der Waals surface area contributed by atoms with Crippen LogP contribution >= 0.6 is 23.4 Å². The van der Waals surface area contributed by atoms with E-state index in [-0.39, 0.29) is 12.3 Å². The van der Waals surface area contributed by atoms with Crippen molar-refractivity contribution in [3.05, 3.63) is 64.7 Å². The molecule has 2 aromatic rings. The van der Waals surface area contributed by atoms with Crippen LogP contribution in [0.5, 0.6) is 0 Å². The van der Waals surface area contributed by atoms with Gasteiger partial charge in [0.25, 0.3) is 0 Å². The molecule has 1 fully saturated rings. The van der Waals surface area contributed by atoms with Crippen LogP contribution in [0.2, 0.25) is 5.02 Å². The number of aliphatic imine (C=N–C) groups is 1. The number of nitrogens with two attached hydrogens (primary N) is 1. The molecule has 1 aliphatic rings. The van der Waals surface area contributed by atoms with E-state index in [0.29, 0.717) is 41.0 Å². The van der Waals surface area contributed by atoms with Crippen molar-refractivity contribution in [2.24, 2.45) is 10.7 Å². The number of amidine groups is 1. The summed E-state index contributed by atoms with van der Waals surface area (Å²) in [4.78, 5) is 42.4. The largest absolute Gasteiger partial charge is 0.462 e. The van der Waals surface area contributed by atoms with Gasteiger partial charge in [-0.3, -0.25) is 14.5 Å². The molecule has 0 radical (unpaired) electrons. The molecule has 0 spiro atoms. The van der Waals surface area contributed by atoms with Crippen molar-refractivity contribution in [3.8, 4) is 0 Å². The molecular formula is C22H22ClN3O4S. The third kappa shape index (κ3) is 6.08. The number of benzene rings is 2. The molecule has 2 aromatic carbocycles. The van der Waals surface area contributed by atoms with Crippen LogP contribution in [0.4, 0.5) is 5.69 Å². The average Bonchev–Trinajstić information content (AvgIpc) is 2.75. The van der Waals surface area contributed by atoms with E-state index < -0.39 is 17.1 Å². The maximum absolute atomic E-state index is 12.7. The number of rotatable bonds is 7. The molecule has 0 bridgehead atoms. The fraction of sp³-hybridized carbons (Fsp3) is 0.273. The Hall–Kier alpha value is -2.84. The fourth-order valence-electron chi connectivity index (χ4n) is 2.96. The number of hydrogen-bond donors (Lipinski definition) is 1. The molecule has 0 aliphatic carbocycles. The van der Waals surface area contributed by atoms with Crippen molar-refractivity contribution < 1.29 is 19.1 Å². The Bertz CT molecular complexity index is 993. The third-order valence-corrected chi connectivity index (χ3v) is 6.06. The first kappa shape index (κ1) is 22.8. The highest BCUT2D eigenvalue weighted by Crippen LogP contribution is 2.29. The Morgan fingerprint density at radius 3 is 2.48 bits per heavy atom. The number of halogens is 1. The predicted molar refractivity (Wildman–Crippen MR) is 122 cm³/mol. The van der Waals surface area contributed by atoms with E-state index in [2.05, 4.69) is 4.99 Å². The second kappa shape index (κ2) is 10.5. The summed E-state index contributed by atoms with van der Waals surface area (Å²) in [7, 11) is 0. The van der Waals surface area contributed by atoms with Gasteiger partial charge in [0.15, 0.2) is 5.17 Å². The van der Waals surface area contributed by atoms with Crippen LogP contribution in [0.25, 0.3) is 0 Å². The summed E-state index contributed by atoms with van der Waals surface area (Å²) in [6, 6.07) is 13.9. The lowest BCUT2D eigenvalue weighted by atomic mass is 10.1. The second-order valence-electron chi connectivity index (χ2n) is 6.80. The Labute approximate surface area is 189 Å². The Morgan fingerprint density at radius 2 is 1.87 bits per heavy atom. The molecule has 1 aliphatic heterocycles. The van der Waals surface area contributed by atoms with E-state index in [0.717, 1.165) is 5.56 Å². The first-order valence-electron chi connectivity index (χ1n) is 9.74. The average molecular weight is 460 g/mol. The lowest BCUT2D eigenvalue weighted by Gasteiger charge is -2.31. The molecule has 0 saturated carbocycles. The van der Waals surface area contributed by atoms with E-state index in [1.807, 2.05) is 12.1 Å². The standard InChI is InChI=1S/C22H22ClN3O4S/c1-2-30-21(29)15-5-9-17(10-6-15)25-22-26(19(27)13-18(31-22)20(24)28)12-11-14-3-7-16(23)8-4-14/h3-10,18H,2,11-13H2,1H3,(H2,24,28)/t18-/m0/s1. The molecule has 162 valence electrons. The minimum absolute atomic E-state index is 0.0292. The topological polar surface area (TPSA) is 102 Å². The molecule has 2 N–H and O–H groups in total. The van der Waals surface area contributed by atoms with Gasteiger partial charge >= 0.3 is 5.97 Å². The molecule has 0 aromatic heterocycles. The van der Waals surface area contributed by atoms with Gasteiger partial charge in [-0.05, 0) is 55.3 Å². The molecule has 0 unspecified atom stereocenters. The van der Waals surface area contributed by atoms with Gasteiger partial charge in [0.2, 0.25) is 11.8 Å². The van der Waals surface area contributed by atoms with Crippen molar-refractivity contribution in [1.29, 1.82) is 0 Å². The van der Waals surface area contributed by atoms with Crippen LogP contribution in [0.1, 0.15) is 29.3 Å². The zero-order valence-electron chi connectivity index (χ0n) is 16.9. The molecule has 2 amide bonds. The Kier molecular flexibility index (Phi) is 7.70. The third-order valence-electron chi connectivity index (χ3n) is 4.60. The van der Waals surface area contributed by atoms with Crippen LogP contribution < -0.4 is 5.73 Å². The number of carbonyl (C=O) groups is 3. The summed E-state index contributed by atoms with van der Waals surface area (Å²) in [6.07, 6.45) is 0.632. The number of ether oxygens (including phenoxy) is 1. The second-order valence-corrected chi connectivity index (χ2v) is 8.40. The molecule has 3 rings (SSSR count). The zero-order chi connectivity index (χ0) is 22.4. The Balaban J connectivity index is 1.82. The van der Waals surface area contributed by atoms with Crippen molar-refractivity contribution >= 4 is 52.0 Å². The first-order chi connectivity index (χ1) is 14.9. The van der Waals surface area contributed by atoms with E-state index in [1.54, 1.807) is 48.2 Å². The summed E-state index contributed by atoms with van der Waals surface area (Å²) in [5, 5.41) is 0.376. The minimum atomic E-state index is -0.670. The zero-order valence-corrected chi connectivity index (χ0v) is 18.5. The van der Waals surface area contributed by atoms with Gasteiger partial charge in [-0.1, -0.05) is 35.5 Å². The smallest absolute Gasteiger partial charge is 0.338 e. The highest BCUT2D eigenvalue weighted by Gasteiger charge is 2.34. The van der Waals surface area contributed by atoms with E-state index in [4.69, 9.17) is 22.1 Å². The predicted octanol–water partition coefficient (Wildman–Crippen LogP) is 3.57. The molecule has 1 saturated heterocycles. The SMILES string of the molecule is CCOC(=O)c1ccc(N=C2S[C@H](C(N)=O)CC(=O)N2CCc2ccc(Cl)cc2)cc1. The van der Waals surface area contributed by atoms with Gasteiger partial charge < -0.3 is 10.5 Å². The van der Waals surface area contributed by atoms with Crippen LogP contribution in [0.3, 0.4) is 0 Å². The van der Waals surface area contributed by atoms with Crippen LogP contribution in [0.15, 0.2) is 53.5 Å². The number of nitrogens with zero attached hydrogens (tertiary/aromatic N) is 2. The first-order valence-corrected chi connectivity index (χ1v) is 11.0. The summed E-state index contributed by atoms with van der Waals surface area (Å²) < 4.78 is 4.98. The van der Waals surface area contributed by atoms with Crippen molar-refractivity contribution in [2.75, 3.05) is 13.2 Å². The van der Waals surface area contributed by atoms with Crippen molar-refractivity contribution in [3.63, 3.8) is 0 Å². The molecule has 7 nitrogen and oxygen atoms in total. The number of carbonyl (C=O) groups excluding carboxylic acids is 3. The quantitative estimate of drug-likeness (QED) is 0.637. The molecular weight excluding hydrogens is 438 g/mol. The lowest BCUT2D eigenvalue weighted by Crippen LogP contribution is -2.46. The van der Waals surface area contributed by atoms with Gasteiger partial charge in [-0.25, -0.2) is 9.79 Å². The van der Waals surface area contributed by atoms with Gasteiger partial charge in [0.05, 0.1) is 23.1 Å². The van der Waals surface area contributed by atoms with Crippen LogP contribution in [-0.2, 0) is 20.7 Å². The van der Waals surface area contributed by atoms with Crippen LogP contribution in [0, 0.1) is 0 Å². The van der Waals surface area contributed by atoms with Gasteiger partial charge in [-0.15, -0.1) is 0 Å². The summed E-state index contributed by atoms with van der Waals surface area (Å²) >= 11 is 7.10. The van der Waals surface area contributed by atoms with Gasteiger partial charge in [0, 0.05) is 18.0 Å². The minimum Gasteiger partial charge on any atom is -0.462 e. The number of amides is 2. The van der Waals surface area contributed by atoms with Gasteiger partial charge in [-0.2, -0.15) is 0 Å². The Morgan fingerprint density at radius 1 is 1.19 bits per heavy atom. The normalized spacial score (nSPS) is 17.6. The highest BCUT2D eigenvalue weighted by molar-refractivity contribution is 8.15. The molecule has 1 atom stereocenters. The molecule has 9 heteroatoms. The number of esters is 1. The summed E-state index contributed by atoms with van der Waals surface area (Å²) in [5.74, 6) is -1.18. The van der Waals surface area contributed by atoms with Crippen LogP contribution in [-0.4, -0.2) is 46.3 Å². The summed E-state index contributed by atoms with van der Waals surface area (Å²) in [6.45, 7) is 2.43. The maximum Gasteiger partial charge on any atom is 0.338 e. The number of hydrogen-bond acceptors (Lipinski definition) is 6. The van der Waals surface area contributed by atoms with E-state index >= 15 is 0 Å². The van der Waals surface area contributed by atoms with Gasteiger partial charge in [0.1, 0.15) is 0 Å². The summed E-state index contributed by atoms with van der Waals surface area (Å²) in [5.41, 5.74) is 7.42. The highest BCUT2D eigenvalue weighted by atomic mass is 35.5. The number of thioether (sulfide) groups is 1. The molecule has 1 heterocycles.